The first-order valence-electron chi connectivity index (χ1n) is 19.8. The van der Waals surface area contributed by atoms with Gasteiger partial charge in [0.25, 0.3) is 0 Å². The van der Waals surface area contributed by atoms with E-state index in [0.717, 1.165) is 6.42 Å². The third-order valence-corrected chi connectivity index (χ3v) is 16.7. The average molecular weight is 720 g/mol. The molecule has 3 aromatic rings. The molecular formula is C48H63Br. The third-order valence-electron chi connectivity index (χ3n) is 15.4. The molecule has 0 N–H and O–H groups in total. The molecule has 0 saturated heterocycles. The van der Waals surface area contributed by atoms with Gasteiger partial charge in [-0.3, -0.25) is 0 Å². The fraction of sp³-hybridized carbons (Fsp3) is 0.625. The molecule has 0 fully saturated rings. The van der Waals surface area contributed by atoms with Crippen LogP contribution in [0.4, 0.5) is 0 Å². The van der Waals surface area contributed by atoms with Gasteiger partial charge in [-0.1, -0.05) is 155 Å². The molecule has 0 heterocycles. The van der Waals surface area contributed by atoms with Crippen LogP contribution < -0.4 is 0 Å². The number of benzene rings is 3. The standard InChI is InChI=1S/C48H63Br/c1-14-15-16-47-35-23-29-32(44(8,9)20-17-41(29,2)3)26-38(35)48(49,39-27-33-30(24-36(39)47)42(4,5)18-21-45(33,10)11)40-28-34-31(25-37(40)47)43(6,7)19-22-46(34,12)13/h23-28H,14-22H2,1-13H3. The van der Waals surface area contributed by atoms with Crippen LogP contribution in [-0.4, -0.2) is 0 Å². The van der Waals surface area contributed by atoms with Crippen LogP contribution in [-0.2, 0) is 42.2 Å². The number of alkyl halides is 1. The molecule has 262 valence electrons. The van der Waals surface area contributed by atoms with Gasteiger partial charge in [0, 0.05) is 5.41 Å². The molecule has 0 saturated carbocycles. The minimum atomic E-state index is -0.382. The van der Waals surface area contributed by atoms with Gasteiger partial charge in [-0.2, -0.15) is 0 Å². The zero-order valence-corrected chi connectivity index (χ0v) is 34.8. The number of unbranched alkanes of at least 4 members (excludes halogenated alkanes) is 1. The van der Waals surface area contributed by atoms with E-state index < -0.39 is 0 Å². The van der Waals surface area contributed by atoms with Gasteiger partial charge in [-0.25, -0.2) is 0 Å². The van der Waals surface area contributed by atoms with E-state index in [2.05, 4.69) is 126 Å². The maximum absolute atomic E-state index is 4.80. The number of halogens is 1. The maximum Gasteiger partial charge on any atom is 0.101 e. The topological polar surface area (TPSA) is 0 Å². The summed E-state index contributed by atoms with van der Waals surface area (Å²) < 4.78 is -0.382. The van der Waals surface area contributed by atoms with Crippen LogP contribution >= 0.6 is 15.9 Å². The predicted octanol–water partition coefficient (Wildman–Crippen LogP) is 13.6. The van der Waals surface area contributed by atoms with Gasteiger partial charge in [-0.15, -0.1) is 0 Å². The van der Waals surface area contributed by atoms with Gasteiger partial charge in [0.1, 0.15) is 4.32 Å². The van der Waals surface area contributed by atoms with E-state index in [1.54, 1.807) is 50.1 Å². The van der Waals surface area contributed by atoms with E-state index in [1.807, 2.05) is 0 Å². The molecule has 0 nitrogen and oxygen atoms in total. The summed E-state index contributed by atoms with van der Waals surface area (Å²) in [5, 5.41) is 0. The highest BCUT2D eigenvalue weighted by atomic mass is 79.9. The summed E-state index contributed by atoms with van der Waals surface area (Å²) in [4.78, 5) is 0. The highest BCUT2D eigenvalue weighted by Gasteiger charge is 2.60. The number of hydrogen-bond acceptors (Lipinski definition) is 0. The van der Waals surface area contributed by atoms with Gasteiger partial charge >= 0.3 is 0 Å². The van der Waals surface area contributed by atoms with Gasteiger partial charge < -0.3 is 0 Å². The summed E-state index contributed by atoms with van der Waals surface area (Å²) in [5.74, 6) is 0. The molecule has 0 unspecified atom stereocenters. The van der Waals surface area contributed by atoms with E-state index in [4.69, 9.17) is 15.9 Å². The Labute approximate surface area is 307 Å². The molecule has 1 heteroatoms. The van der Waals surface area contributed by atoms with Gasteiger partial charge in [0.05, 0.1) is 0 Å². The first kappa shape index (κ1) is 34.2. The minimum Gasteiger partial charge on any atom is -0.0695 e. The molecule has 49 heavy (non-hydrogen) atoms. The summed E-state index contributed by atoms with van der Waals surface area (Å²) in [6.07, 6.45) is 11.0. The van der Waals surface area contributed by atoms with Crippen LogP contribution in [0.3, 0.4) is 0 Å². The quantitative estimate of drug-likeness (QED) is 0.237. The van der Waals surface area contributed by atoms with Crippen LogP contribution in [0.25, 0.3) is 0 Å². The van der Waals surface area contributed by atoms with Crippen molar-refractivity contribution < 1.29 is 0 Å². The van der Waals surface area contributed by atoms with E-state index in [0.29, 0.717) is 0 Å². The van der Waals surface area contributed by atoms with Crippen molar-refractivity contribution in [1.82, 2.24) is 0 Å². The fourth-order valence-electron chi connectivity index (χ4n) is 11.5. The van der Waals surface area contributed by atoms with Crippen LogP contribution in [0.15, 0.2) is 36.4 Å². The van der Waals surface area contributed by atoms with Crippen molar-refractivity contribution in [2.75, 3.05) is 0 Å². The summed E-state index contributed by atoms with van der Waals surface area (Å²) in [7, 11) is 0. The summed E-state index contributed by atoms with van der Waals surface area (Å²) >= 11 is 4.80. The Bertz CT molecular complexity index is 1710. The Balaban J connectivity index is 1.58. The Kier molecular flexibility index (Phi) is 6.96. The van der Waals surface area contributed by atoms with E-state index in [9.17, 15) is 0 Å². The minimum absolute atomic E-state index is 0.159. The summed E-state index contributed by atoms with van der Waals surface area (Å²) in [5.41, 5.74) is 19.8. The molecule has 9 rings (SSSR count). The lowest BCUT2D eigenvalue weighted by molar-refractivity contribution is 0.325. The molecule has 0 spiro atoms. The lowest BCUT2D eigenvalue weighted by atomic mass is 9.47. The second kappa shape index (κ2) is 9.96. The van der Waals surface area contributed by atoms with Crippen LogP contribution in [0.5, 0.6) is 0 Å². The van der Waals surface area contributed by atoms with Crippen molar-refractivity contribution >= 4 is 15.9 Å². The predicted molar refractivity (Wildman–Crippen MR) is 213 cm³/mol. The molecule has 2 bridgehead atoms. The van der Waals surface area contributed by atoms with Crippen LogP contribution in [0.2, 0.25) is 0 Å². The van der Waals surface area contributed by atoms with E-state index in [-0.39, 0.29) is 42.2 Å². The molecule has 0 atom stereocenters. The fourth-order valence-corrected chi connectivity index (χ4v) is 12.5. The van der Waals surface area contributed by atoms with Crippen molar-refractivity contribution in [1.29, 1.82) is 0 Å². The largest absolute Gasteiger partial charge is 0.101 e. The third kappa shape index (κ3) is 4.33. The maximum atomic E-state index is 4.80. The molecule has 0 aliphatic heterocycles. The summed E-state index contributed by atoms with van der Waals surface area (Å²) in [6.45, 7) is 32.5. The second-order valence-electron chi connectivity index (χ2n) is 21.3. The SMILES string of the molecule is CCCCC12c3cc4c(cc3C(Br)(c3cc5c(cc31)C(C)(C)CCC5(C)C)c1cc3c(cc12)C(C)(C)CCC3(C)C)C(C)(C)CCC4(C)C. The lowest BCUT2D eigenvalue weighted by Gasteiger charge is -2.58. The van der Waals surface area contributed by atoms with Crippen molar-refractivity contribution in [2.24, 2.45) is 0 Å². The molecule has 6 aliphatic rings. The Morgan fingerprint density at radius 1 is 0.388 bits per heavy atom. The molecular weight excluding hydrogens is 656 g/mol. The monoisotopic (exact) mass is 718 g/mol. The lowest BCUT2D eigenvalue weighted by Crippen LogP contribution is -2.51. The number of rotatable bonds is 3. The molecule has 0 radical (unpaired) electrons. The Morgan fingerprint density at radius 3 is 0.837 bits per heavy atom. The van der Waals surface area contributed by atoms with Gasteiger partial charge in [-0.05, 0) is 144 Å². The zero-order valence-electron chi connectivity index (χ0n) is 33.2. The molecule has 0 aromatic heterocycles. The highest BCUT2D eigenvalue weighted by Crippen LogP contribution is 2.69. The second-order valence-corrected chi connectivity index (χ2v) is 22.5. The first-order valence-corrected chi connectivity index (χ1v) is 20.6. The summed E-state index contributed by atoms with van der Waals surface area (Å²) in [6, 6.07) is 16.5. The Hall–Kier alpha value is -1.86. The van der Waals surface area contributed by atoms with Gasteiger partial charge in [0.15, 0.2) is 0 Å². The van der Waals surface area contributed by atoms with E-state index in [1.165, 1.54) is 68.1 Å². The van der Waals surface area contributed by atoms with Gasteiger partial charge in [0.2, 0.25) is 0 Å². The van der Waals surface area contributed by atoms with Crippen molar-refractivity contribution in [3.8, 4) is 0 Å². The van der Waals surface area contributed by atoms with Crippen molar-refractivity contribution in [3.05, 3.63) is 103 Å². The molecule has 6 aliphatic carbocycles. The first-order chi connectivity index (χ1) is 22.5. The van der Waals surface area contributed by atoms with Crippen LogP contribution in [0.1, 0.15) is 215 Å². The van der Waals surface area contributed by atoms with E-state index >= 15 is 0 Å². The zero-order chi connectivity index (χ0) is 35.5. The molecule has 3 aromatic carbocycles. The number of hydrogen-bond donors (Lipinski definition) is 0. The number of fused-ring (bicyclic) bond motifs is 3. The van der Waals surface area contributed by atoms with Crippen molar-refractivity contribution in [2.45, 2.75) is 190 Å². The smallest absolute Gasteiger partial charge is 0.0695 e. The van der Waals surface area contributed by atoms with Crippen LogP contribution in [0, 0.1) is 0 Å². The Morgan fingerprint density at radius 2 is 0.612 bits per heavy atom. The van der Waals surface area contributed by atoms with Crippen molar-refractivity contribution in [3.63, 3.8) is 0 Å². The highest BCUT2D eigenvalue weighted by molar-refractivity contribution is 9.10. The normalized spacial score (nSPS) is 29.5. The average Bonchev–Trinajstić information content (AvgIpc) is 3.03. The molecule has 0 amide bonds.